The van der Waals surface area contributed by atoms with Gasteiger partial charge in [-0.3, -0.25) is 4.98 Å². The van der Waals surface area contributed by atoms with E-state index in [1.165, 1.54) is 12.7 Å². The second-order valence-corrected chi connectivity index (χ2v) is 8.72. The lowest BCUT2D eigenvalue weighted by Gasteiger charge is -2.31. The van der Waals surface area contributed by atoms with Crippen LogP contribution in [0.15, 0.2) is 54.7 Å². The highest BCUT2D eigenvalue weighted by Gasteiger charge is 2.42. The number of esters is 1. The van der Waals surface area contributed by atoms with Crippen molar-refractivity contribution in [3.63, 3.8) is 0 Å². The van der Waals surface area contributed by atoms with Crippen molar-refractivity contribution in [2.75, 3.05) is 7.11 Å². The molecular weight excluding hydrogens is 420 g/mol. The summed E-state index contributed by atoms with van der Waals surface area (Å²) in [7, 11) is 1.40. The van der Waals surface area contributed by atoms with Crippen molar-refractivity contribution in [2.45, 2.75) is 45.8 Å². The van der Waals surface area contributed by atoms with Crippen molar-refractivity contribution in [1.29, 1.82) is 0 Å². The molecule has 32 heavy (non-hydrogen) atoms. The molecule has 2 aromatic heterocycles. The van der Waals surface area contributed by atoms with Gasteiger partial charge < -0.3 is 19.5 Å². The average molecular weight is 449 g/mol. The number of nitrogens with zero attached hydrogens (tertiary/aromatic N) is 3. The van der Waals surface area contributed by atoms with E-state index in [4.69, 9.17) is 17.0 Å². The molecule has 0 saturated carbocycles. The summed E-state index contributed by atoms with van der Waals surface area (Å²) in [6.45, 7) is 8.50. The number of aromatic nitrogens is 2. The van der Waals surface area contributed by atoms with Gasteiger partial charge in [-0.1, -0.05) is 12.1 Å². The maximum Gasteiger partial charge on any atom is 0.337 e. The van der Waals surface area contributed by atoms with Gasteiger partial charge in [0.15, 0.2) is 5.11 Å². The standard InChI is InChI=1S/C25H28N4O2S/c1-15(2)28-23(22(27-25(28)32)21-11-6-7-12-26-21)20-13-16(3)29(17(20)4)19-10-8-9-18(14-19)24(30)31-5/h6-15,22-23H,1-5H3,(H,27,32)/t22-,23-/m1/s1. The van der Waals surface area contributed by atoms with Gasteiger partial charge in [0.05, 0.1) is 30.5 Å². The number of aryl methyl sites for hydroxylation is 1. The largest absolute Gasteiger partial charge is 0.465 e. The number of carbonyl (C=O) groups is 1. The Morgan fingerprint density at radius 3 is 2.59 bits per heavy atom. The van der Waals surface area contributed by atoms with E-state index in [0.29, 0.717) is 5.56 Å². The average Bonchev–Trinajstić information content (AvgIpc) is 3.29. The van der Waals surface area contributed by atoms with Crippen molar-refractivity contribution >= 4 is 23.3 Å². The Kier molecular flexibility index (Phi) is 6.02. The van der Waals surface area contributed by atoms with Crippen LogP contribution in [0.5, 0.6) is 0 Å². The summed E-state index contributed by atoms with van der Waals surface area (Å²) >= 11 is 5.74. The number of rotatable bonds is 5. The smallest absolute Gasteiger partial charge is 0.337 e. The van der Waals surface area contributed by atoms with E-state index in [2.05, 4.69) is 53.5 Å². The van der Waals surface area contributed by atoms with Gasteiger partial charge in [0, 0.05) is 29.3 Å². The maximum absolute atomic E-state index is 12.1. The Morgan fingerprint density at radius 2 is 1.94 bits per heavy atom. The molecule has 166 valence electrons. The molecule has 0 radical (unpaired) electrons. The third-order valence-corrected chi connectivity index (χ3v) is 6.33. The van der Waals surface area contributed by atoms with Crippen LogP contribution < -0.4 is 5.32 Å². The number of hydrogen-bond acceptors (Lipinski definition) is 4. The lowest BCUT2D eigenvalue weighted by Crippen LogP contribution is -2.35. The van der Waals surface area contributed by atoms with Crippen molar-refractivity contribution in [3.05, 3.63) is 82.9 Å². The van der Waals surface area contributed by atoms with Crippen LogP contribution in [0, 0.1) is 13.8 Å². The van der Waals surface area contributed by atoms with Gasteiger partial charge in [-0.25, -0.2) is 4.79 Å². The molecule has 7 heteroatoms. The van der Waals surface area contributed by atoms with Crippen molar-refractivity contribution in [2.24, 2.45) is 0 Å². The maximum atomic E-state index is 12.1. The second kappa shape index (κ2) is 8.74. The highest BCUT2D eigenvalue weighted by atomic mass is 32.1. The van der Waals surface area contributed by atoms with E-state index in [1.807, 2.05) is 42.6 Å². The summed E-state index contributed by atoms with van der Waals surface area (Å²) < 4.78 is 7.08. The lowest BCUT2D eigenvalue weighted by molar-refractivity contribution is 0.0600. The monoisotopic (exact) mass is 448 g/mol. The molecule has 1 aliphatic rings. The Hall–Kier alpha value is -3.19. The summed E-state index contributed by atoms with van der Waals surface area (Å²) in [6, 6.07) is 15.9. The van der Waals surface area contributed by atoms with Crippen molar-refractivity contribution < 1.29 is 9.53 Å². The first-order valence-electron chi connectivity index (χ1n) is 10.7. The van der Waals surface area contributed by atoms with E-state index in [1.54, 1.807) is 6.07 Å². The number of methoxy groups -OCH3 is 1. The molecule has 0 aliphatic carbocycles. The molecule has 0 amide bonds. The summed E-state index contributed by atoms with van der Waals surface area (Å²) in [5.74, 6) is -0.346. The number of ether oxygens (including phenoxy) is 1. The second-order valence-electron chi connectivity index (χ2n) is 8.33. The Balaban J connectivity index is 1.84. The minimum absolute atomic E-state index is 0.00106. The molecule has 4 rings (SSSR count). The molecule has 6 nitrogen and oxygen atoms in total. The summed E-state index contributed by atoms with van der Waals surface area (Å²) in [5, 5.41) is 4.24. The van der Waals surface area contributed by atoms with E-state index in [9.17, 15) is 4.79 Å². The molecule has 3 aromatic rings. The molecule has 0 unspecified atom stereocenters. The first-order valence-corrected chi connectivity index (χ1v) is 11.1. The molecule has 1 fully saturated rings. The highest BCUT2D eigenvalue weighted by molar-refractivity contribution is 7.80. The van der Waals surface area contributed by atoms with Gasteiger partial charge in [-0.05, 0) is 81.9 Å². The fourth-order valence-corrected chi connectivity index (χ4v) is 5.08. The molecule has 1 N–H and O–H groups in total. The van der Waals surface area contributed by atoms with E-state index in [0.717, 1.165) is 27.9 Å². The zero-order valence-corrected chi connectivity index (χ0v) is 19.8. The van der Waals surface area contributed by atoms with Crippen molar-refractivity contribution in [1.82, 2.24) is 19.8 Å². The molecule has 0 spiro atoms. The van der Waals surface area contributed by atoms with Crippen LogP contribution in [-0.2, 0) is 4.74 Å². The number of pyridine rings is 1. The first kappa shape index (κ1) is 22.0. The predicted molar refractivity (Wildman–Crippen MR) is 129 cm³/mol. The fourth-order valence-electron chi connectivity index (χ4n) is 4.63. The van der Waals surface area contributed by atoms with Crippen LogP contribution in [0.4, 0.5) is 0 Å². The molecule has 3 heterocycles. The van der Waals surface area contributed by atoms with E-state index < -0.39 is 0 Å². The van der Waals surface area contributed by atoms with Gasteiger partial charge in [-0.15, -0.1) is 0 Å². The van der Waals surface area contributed by atoms with Crippen LogP contribution in [0.25, 0.3) is 5.69 Å². The van der Waals surface area contributed by atoms with E-state index >= 15 is 0 Å². The number of hydrogen-bond donors (Lipinski definition) is 1. The number of benzene rings is 1. The van der Waals surface area contributed by atoms with Crippen LogP contribution >= 0.6 is 12.2 Å². The fraction of sp³-hybridized carbons (Fsp3) is 0.320. The Labute approximate surface area is 194 Å². The summed E-state index contributed by atoms with van der Waals surface area (Å²) in [4.78, 5) is 18.9. The molecule has 1 saturated heterocycles. The van der Waals surface area contributed by atoms with Crippen molar-refractivity contribution in [3.8, 4) is 5.69 Å². The van der Waals surface area contributed by atoms with Gasteiger partial charge in [0.2, 0.25) is 0 Å². The van der Waals surface area contributed by atoms with Crippen LogP contribution in [0.1, 0.15) is 58.9 Å². The normalized spacial score (nSPS) is 18.2. The molecule has 0 bridgehead atoms. The molecule has 1 aliphatic heterocycles. The Bertz CT molecular complexity index is 1160. The molecule has 2 atom stereocenters. The van der Waals surface area contributed by atoms with Gasteiger partial charge in [0.25, 0.3) is 0 Å². The Morgan fingerprint density at radius 1 is 1.16 bits per heavy atom. The number of thiocarbonyl (C=S) groups is 1. The SMILES string of the molecule is COC(=O)c1cccc(-n2c(C)cc([C@@H]3[C@@H](c4ccccn4)NC(=S)N3C(C)C)c2C)c1. The molecule has 1 aromatic carbocycles. The van der Waals surface area contributed by atoms with Crippen LogP contribution in [-0.4, -0.2) is 38.7 Å². The predicted octanol–water partition coefficient (Wildman–Crippen LogP) is 4.66. The van der Waals surface area contributed by atoms with Gasteiger partial charge in [0.1, 0.15) is 0 Å². The minimum atomic E-state index is -0.346. The topological polar surface area (TPSA) is 59.4 Å². The minimum Gasteiger partial charge on any atom is -0.465 e. The van der Waals surface area contributed by atoms with Gasteiger partial charge in [-0.2, -0.15) is 0 Å². The first-order chi connectivity index (χ1) is 15.3. The van der Waals surface area contributed by atoms with Gasteiger partial charge >= 0.3 is 5.97 Å². The third-order valence-electron chi connectivity index (χ3n) is 6.01. The number of nitrogens with one attached hydrogen (secondary N) is 1. The zero-order valence-electron chi connectivity index (χ0n) is 19.0. The quantitative estimate of drug-likeness (QED) is 0.453. The van der Waals surface area contributed by atoms with Crippen LogP contribution in [0.2, 0.25) is 0 Å². The molecular formula is C25H28N4O2S. The summed E-state index contributed by atoms with van der Waals surface area (Å²) in [5.41, 5.74) is 5.78. The van der Waals surface area contributed by atoms with Crippen LogP contribution in [0.3, 0.4) is 0 Å². The zero-order chi connectivity index (χ0) is 23.0. The lowest BCUT2D eigenvalue weighted by atomic mass is 9.96. The number of carbonyl (C=O) groups excluding carboxylic acids is 1. The highest BCUT2D eigenvalue weighted by Crippen LogP contribution is 2.42. The third kappa shape index (κ3) is 3.77. The summed E-state index contributed by atoms with van der Waals surface area (Å²) in [6.07, 6.45) is 1.82. The van der Waals surface area contributed by atoms with E-state index in [-0.39, 0.29) is 24.1 Å².